The lowest BCUT2D eigenvalue weighted by Gasteiger charge is -2.16. The predicted molar refractivity (Wildman–Crippen MR) is 106 cm³/mol. The molecule has 8 heteroatoms. The van der Waals surface area contributed by atoms with E-state index in [-0.39, 0.29) is 13.0 Å². The lowest BCUT2D eigenvalue weighted by Crippen LogP contribution is -2.47. The molecule has 0 saturated carbocycles. The molecule has 0 bridgehead atoms. The highest BCUT2D eigenvalue weighted by molar-refractivity contribution is 6.43. The fraction of sp³-hybridized carbons (Fsp3) is 0.200. The van der Waals surface area contributed by atoms with Gasteiger partial charge in [0.25, 0.3) is 0 Å². The van der Waals surface area contributed by atoms with Crippen LogP contribution < -0.4 is 15.4 Å². The van der Waals surface area contributed by atoms with Gasteiger partial charge in [-0.25, -0.2) is 0 Å². The maximum Gasteiger partial charge on any atom is 0.475 e. The van der Waals surface area contributed by atoms with Crippen molar-refractivity contribution in [3.8, 4) is 5.75 Å². The van der Waals surface area contributed by atoms with Crippen LogP contribution in [-0.2, 0) is 22.6 Å². The number of carbonyl (C=O) groups is 2. The summed E-state index contributed by atoms with van der Waals surface area (Å²) in [5.74, 6) is -1.24. The lowest BCUT2D eigenvalue weighted by molar-refractivity contribution is -0.119. The van der Waals surface area contributed by atoms with Gasteiger partial charge in [-0.1, -0.05) is 42.5 Å². The summed E-state index contributed by atoms with van der Waals surface area (Å²) in [5, 5.41) is 24.1. The van der Waals surface area contributed by atoms with Crippen molar-refractivity contribution in [2.45, 2.75) is 18.9 Å². The van der Waals surface area contributed by atoms with Crippen molar-refractivity contribution in [1.29, 1.82) is 0 Å². The first-order valence-electron chi connectivity index (χ1n) is 8.77. The van der Waals surface area contributed by atoms with Crippen molar-refractivity contribution in [1.82, 2.24) is 10.6 Å². The number of ether oxygens (including phenoxy) is 1. The predicted octanol–water partition coefficient (Wildman–Crippen LogP) is 0.607. The number of benzene rings is 2. The van der Waals surface area contributed by atoms with Crippen LogP contribution >= 0.6 is 0 Å². The zero-order valence-corrected chi connectivity index (χ0v) is 15.5. The molecule has 2 rings (SSSR count). The molecule has 146 valence electrons. The smallest absolute Gasteiger partial charge is 0.475 e. The van der Waals surface area contributed by atoms with Crippen LogP contribution in [0.3, 0.4) is 0 Å². The molecule has 2 aromatic rings. The highest BCUT2D eigenvalue weighted by atomic mass is 16.5. The molecule has 0 aromatic heterocycles. The Labute approximate surface area is 164 Å². The number of amides is 2. The van der Waals surface area contributed by atoms with Crippen LogP contribution in [0, 0.1) is 0 Å². The van der Waals surface area contributed by atoms with Gasteiger partial charge in [-0.2, -0.15) is 0 Å². The molecule has 0 aliphatic carbocycles. The van der Waals surface area contributed by atoms with Gasteiger partial charge in [-0.15, -0.1) is 0 Å². The normalized spacial score (nSPS) is 11.7. The molecular formula is C20H23BN2O5. The minimum atomic E-state index is -1.72. The van der Waals surface area contributed by atoms with Crippen LogP contribution in [0.1, 0.15) is 11.1 Å². The Hall–Kier alpha value is -3.10. The molecule has 28 heavy (non-hydrogen) atoms. The number of rotatable bonds is 9. The molecule has 2 amide bonds. The molecular weight excluding hydrogens is 359 g/mol. The van der Waals surface area contributed by atoms with E-state index >= 15 is 0 Å². The third-order valence-electron chi connectivity index (χ3n) is 3.97. The standard InChI is InChI=1S/C20H23BN2O5/c1-28-17-9-5-8-16(12-17)14-22-19(24)10-11-20(25)23-18(21(26)27)13-15-6-3-2-4-7-15/h2-12,18,26-27H,13-14H2,1H3,(H,22,24)(H,23,25)/b11-10+. The summed E-state index contributed by atoms with van der Waals surface area (Å²) in [7, 11) is -0.160. The van der Waals surface area contributed by atoms with E-state index in [0.717, 1.165) is 23.3 Å². The van der Waals surface area contributed by atoms with E-state index in [1.54, 1.807) is 19.2 Å². The summed E-state index contributed by atoms with van der Waals surface area (Å²) in [6, 6.07) is 16.4. The van der Waals surface area contributed by atoms with E-state index in [4.69, 9.17) is 4.74 Å². The Bertz CT molecular complexity index is 811. The summed E-state index contributed by atoms with van der Waals surface area (Å²) < 4.78 is 5.12. The largest absolute Gasteiger partial charge is 0.497 e. The Balaban J connectivity index is 1.84. The van der Waals surface area contributed by atoms with E-state index in [1.165, 1.54) is 0 Å². The minimum Gasteiger partial charge on any atom is -0.497 e. The third-order valence-corrected chi connectivity index (χ3v) is 3.97. The van der Waals surface area contributed by atoms with Crippen LogP contribution in [0.25, 0.3) is 0 Å². The van der Waals surface area contributed by atoms with Gasteiger partial charge in [0.1, 0.15) is 5.75 Å². The Morgan fingerprint density at radius 3 is 2.39 bits per heavy atom. The Kier molecular flexibility index (Phi) is 8.26. The quantitative estimate of drug-likeness (QED) is 0.376. The molecule has 0 saturated heterocycles. The second kappa shape index (κ2) is 10.9. The van der Waals surface area contributed by atoms with Gasteiger partial charge in [0, 0.05) is 18.7 Å². The van der Waals surface area contributed by atoms with Gasteiger partial charge < -0.3 is 25.4 Å². The van der Waals surface area contributed by atoms with Gasteiger partial charge in [-0.3, -0.25) is 9.59 Å². The van der Waals surface area contributed by atoms with Gasteiger partial charge in [0.2, 0.25) is 11.8 Å². The van der Waals surface area contributed by atoms with Crippen molar-refractivity contribution in [2.24, 2.45) is 0 Å². The van der Waals surface area contributed by atoms with Crippen LogP contribution in [-0.4, -0.2) is 42.0 Å². The number of nitrogens with one attached hydrogen (secondary N) is 2. The molecule has 0 aliphatic heterocycles. The molecule has 0 fully saturated rings. The van der Waals surface area contributed by atoms with Crippen molar-refractivity contribution < 1.29 is 24.4 Å². The molecule has 0 aliphatic rings. The first kappa shape index (κ1) is 21.2. The minimum absolute atomic E-state index is 0.250. The molecule has 4 N–H and O–H groups in total. The van der Waals surface area contributed by atoms with Gasteiger partial charge >= 0.3 is 7.12 Å². The van der Waals surface area contributed by atoms with Crippen molar-refractivity contribution >= 4 is 18.9 Å². The summed E-state index contributed by atoms with van der Waals surface area (Å²) in [6.07, 6.45) is 2.40. The fourth-order valence-electron chi connectivity index (χ4n) is 2.51. The monoisotopic (exact) mass is 382 g/mol. The van der Waals surface area contributed by atoms with Crippen molar-refractivity contribution in [2.75, 3.05) is 7.11 Å². The number of hydrogen-bond donors (Lipinski definition) is 4. The highest BCUT2D eigenvalue weighted by Gasteiger charge is 2.24. The second-order valence-corrected chi connectivity index (χ2v) is 6.12. The number of carbonyl (C=O) groups excluding carboxylic acids is 2. The second-order valence-electron chi connectivity index (χ2n) is 6.12. The van der Waals surface area contributed by atoms with Crippen molar-refractivity contribution in [3.63, 3.8) is 0 Å². The molecule has 2 aromatic carbocycles. The molecule has 0 spiro atoms. The van der Waals surface area contributed by atoms with Crippen LogP contribution in [0.2, 0.25) is 0 Å². The highest BCUT2D eigenvalue weighted by Crippen LogP contribution is 2.12. The number of methoxy groups -OCH3 is 1. The van der Waals surface area contributed by atoms with Crippen LogP contribution in [0.15, 0.2) is 66.7 Å². The zero-order valence-electron chi connectivity index (χ0n) is 15.5. The Morgan fingerprint density at radius 1 is 1.04 bits per heavy atom. The van der Waals surface area contributed by atoms with Gasteiger partial charge in [-0.05, 0) is 29.7 Å². The lowest BCUT2D eigenvalue weighted by atomic mass is 9.76. The molecule has 0 radical (unpaired) electrons. The maximum atomic E-state index is 12.0. The molecule has 0 heterocycles. The van der Waals surface area contributed by atoms with Crippen LogP contribution in [0.4, 0.5) is 0 Å². The van der Waals surface area contributed by atoms with Gasteiger partial charge in [0.05, 0.1) is 13.1 Å². The van der Waals surface area contributed by atoms with Crippen LogP contribution in [0.5, 0.6) is 5.75 Å². The maximum absolute atomic E-state index is 12.0. The SMILES string of the molecule is COc1cccc(CNC(=O)/C=C/C(=O)NC(Cc2ccccc2)B(O)O)c1. The summed E-state index contributed by atoms with van der Waals surface area (Å²) in [5.41, 5.74) is 1.71. The number of hydrogen-bond acceptors (Lipinski definition) is 5. The molecule has 7 nitrogen and oxygen atoms in total. The fourth-order valence-corrected chi connectivity index (χ4v) is 2.51. The average Bonchev–Trinajstić information content (AvgIpc) is 2.71. The van der Waals surface area contributed by atoms with E-state index < -0.39 is 24.9 Å². The van der Waals surface area contributed by atoms with E-state index in [1.807, 2.05) is 42.5 Å². The first-order chi connectivity index (χ1) is 13.5. The van der Waals surface area contributed by atoms with Gasteiger partial charge in [0.15, 0.2) is 0 Å². The first-order valence-corrected chi connectivity index (χ1v) is 8.77. The molecule has 1 unspecified atom stereocenters. The zero-order chi connectivity index (χ0) is 20.4. The van der Waals surface area contributed by atoms with E-state index in [0.29, 0.717) is 5.75 Å². The average molecular weight is 382 g/mol. The Morgan fingerprint density at radius 2 is 1.71 bits per heavy atom. The third kappa shape index (κ3) is 7.26. The molecule has 1 atom stereocenters. The summed E-state index contributed by atoms with van der Waals surface area (Å²) in [6.45, 7) is 0.286. The summed E-state index contributed by atoms with van der Waals surface area (Å²) >= 11 is 0. The summed E-state index contributed by atoms with van der Waals surface area (Å²) in [4.78, 5) is 23.9. The topological polar surface area (TPSA) is 108 Å². The van der Waals surface area contributed by atoms with E-state index in [9.17, 15) is 19.6 Å². The van der Waals surface area contributed by atoms with Crippen molar-refractivity contribution in [3.05, 3.63) is 77.9 Å². The van der Waals surface area contributed by atoms with E-state index in [2.05, 4.69) is 10.6 Å².